The highest BCUT2D eigenvalue weighted by atomic mass is 35.5. The molecule has 82 valence electrons. The second-order valence-electron chi connectivity index (χ2n) is 2.78. The van der Waals surface area contributed by atoms with Crippen LogP contribution < -0.4 is 5.48 Å². The van der Waals surface area contributed by atoms with Gasteiger partial charge in [0, 0.05) is 10.0 Å². The van der Waals surface area contributed by atoms with Gasteiger partial charge in [-0.25, -0.2) is 4.39 Å². The topological polar surface area (TPSA) is 21.3 Å². The second-order valence-corrected chi connectivity index (χ2v) is 3.62. The number of benzene rings is 1. The van der Waals surface area contributed by atoms with E-state index >= 15 is 0 Å². The summed E-state index contributed by atoms with van der Waals surface area (Å²) in [5.74, 6) is 0. The number of hydrogen-bond acceptors (Lipinski definition) is 2. The van der Waals surface area contributed by atoms with Gasteiger partial charge in [0.25, 0.3) is 0 Å². The lowest BCUT2D eigenvalue weighted by atomic mass is 10.2. The minimum Gasteiger partial charge on any atom is -0.280 e. The molecule has 5 heteroatoms. The third-order valence-corrected chi connectivity index (χ3v) is 2.23. The van der Waals surface area contributed by atoms with Crippen LogP contribution in [0.4, 0.5) is 4.39 Å². The third kappa shape index (κ3) is 3.70. The number of alkyl halides is 1. The van der Waals surface area contributed by atoms with Crippen LogP contribution in [0.2, 0.25) is 10.0 Å². The summed E-state index contributed by atoms with van der Waals surface area (Å²) in [5, 5.41) is 1.00. The molecule has 1 rings (SSSR count). The lowest BCUT2D eigenvalue weighted by Gasteiger charge is -2.05. The van der Waals surface area contributed by atoms with Gasteiger partial charge in [0.05, 0.1) is 12.8 Å². The number of hydrogen-bond donors (Lipinski definition) is 1. The molecular formula is C10H10Cl2FNO. The Hall–Kier alpha value is -0.770. The minimum atomic E-state index is -0.660. The summed E-state index contributed by atoms with van der Waals surface area (Å²) in [6.45, 7) is -0.660. The number of nitrogens with one attached hydrogen (secondary N) is 1. The summed E-state index contributed by atoms with van der Waals surface area (Å²) in [4.78, 5) is 4.60. The van der Waals surface area contributed by atoms with Crippen molar-refractivity contribution in [3.63, 3.8) is 0 Å². The first-order chi connectivity index (χ1) is 7.17. The zero-order valence-corrected chi connectivity index (χ0v) is 9.57. The average Bonchev–Trinajstić information content (AvgIpc) is 2.21. The van der Waals surface area contributed by atoms with Crippen molar-refractivity contribution in [2.75, 3.05) is 13.8 Å². The Labute approximate surface area is 97.6 Å². The van der Waals surface area contributed by atoms with Gasteiger partial charge in [-0.05, 0) is 23.8 Å². The smallest absolute Gasteiger partial charge is 0.131 e. The molecule has 0 heterocycles. The van der Waals surface area contributed by atoms with Crippen molar-refractivity contribution >= 4 is 29.3 Å². The standard InChI is InChI=1S/C10H10Cl2FNO/c1-15-14-9(6-13)4-7-2-3-8(11)5-10(7)12/h2-5,14H,6H2,1H3. The van der Waals surface area contributed by atoms with E-state index in [1.807, 2.05) is 0 Å². The first-order valence-electron chi connectivity index (χ1n) is 4.18. The molecule has 1 aromatic carbocycles. The van der Waals surface area contributed by atoms with Crippen LogP contribution in [0.1, 0.15) is 5.56 Å². The van der Waals surface area contributed by atoms with Gasteiger partial charge in [-0.3, -0.25) is 10.3 Å². The number of allylic oxidation sites excluding steroid dienone is 1. The van der Waals surface area contributed by atoms with E-state index in [4.69, 9.17) is 23.2 Å². The molecule has 0 amide bonds. The maximum atomic E-state index is 12.5. The number of halogens is 3. The van der Waals surface area contributed by atoms with Crippen molar-refractivity contribution in [3.8, 4) is 0 Å². The lowest BCUT2D eigenvalue weighted by Crippen LogP contribution is -2.12. The van der Waals surface area contributed by atoms with Crippen molar-refractivity contribution in [3.05, 3.63) is 39.5 Å². The van der Waals surface area contributed by atoms with E-state index in [0.717, 1.165) is 0 Å². The Kier molecular flexibility index (Phi) is 4.88. The summed E-state index contributed by atoms with van der Waals surface area (Å²) in [7, 11) is 1.41. The molecule has 0 radical (unpaired) electrons. The fourth-order valence-electron chi connectivity index (χ4n) is 1.03. The maximum Gasteiger partial charge on any atom is 0.131 e. The highest BCUT2D eigenvalue weighted by Gasteiger charge is 2.01. The van der Waals surface area contributed by atoms with Gasteiger partial charge >= 0.3 is 0 Å². The summed E-state index contributed by atoms with van der Waals surface area (Å²) in [6.07, 6.45) is 1.56. The first-order valence-corrected chi connectivity index (χ1v) is 4.93. The molecule has 0 atom stereocenters. The van der Waals surface area contributed by atoms with Crippen molar-refractivity contribution in [1.29, 1.82) is 0 Å². The van der Waals surface area contributed by atoms with E-state index in [1.54, 1.807) is 24.3 Å². The van der Waals surface area contributed by atoms with Gasteiger partial charge in [-0.1, -0.05) is 29.3 Å². The zero-order chi connectivity index (χ0) is 11.3. The lowest BCUT2D eigenvalue weighted by molar-refractivity contribution is 0.113. The highest BCUT2D eigenvalue weighted by Crippen LogP contribution is 2.22. The van der Waals surface area contributed by atoms with Crippen molar-refractivity contribution in [2.45, 2.75) is 0 Å². The largest absolute Gasteiger partial charge is 0.280 e. The summed E-state index contributed by atoms with van der Waals surface area (Å²) in [6, 6.07) is 4.98. The van der Waals surface area contributed by atoms with E-state index in [1.165, 1.54) is 7.11 Å². The Balaban J connectivity index is 2.95. The van der Waals surface area contributed by atoms with Crippen LogP contribution in [0.15, 0.2) is 23.9 Å². The Bertz CT molecular complexity index is 368. The SMILES string of the molecule is CONC(=Cc1ccc(Cl)cc1Cl)CF. The van der Waals surface area contributed by atoms with Crippen molar-refractivity contribution < 1.29 is 9.23 Å². The van der Waals surface area contributed by atoms with Crippen LogP contribution in [-0.4, -0.2) is 13.8 Å². The van der Waals surface area contributed by atoms with Gasteiger partial charge in [0.15, 0.2) is 0 Å². The maximum absolute atomic E-state index is 12.5. The van der Waals surface area contributed by atoms with E-state index < -0.39 is 6.67 Å². The molecule has 1 N–H and O–H groups in total. The molecule has 1 aromatic rings. The summed E-state index contributed by atoms with van der Waals surface area (Å²) >= 11 is 11.6. The minimum absolute atomic E-state index is 0.293. The van der Waals surface area contributed by atoms with E-state index in [2.05, 4.69) is 10.3 Å². The fourth-order valence-corrected chi connectivity index (χ4v) is 1.50. The molecule has 0 fully saturated rings. The molecule has 0 aliphatic carbocycles. The molecular weight excluding hydrogens is 240 g/mol. The average molecular weight is 250 g/mol. The molecule has 2 nitrogen and oxygen atoms in total. The number of hydroxylamine groups is 1. The van der Waals surface area contributed by atoms with E-state index in [-0.39, 0.29) is 0 Å². The van der Waals surface area contributed by atoms with Gasteiger partial charge in [-0.2, -0.15) is 0 Å². The van der Waals surface area contributed by atoms with Gasteiger partial charge < -0.3 is 0 Å². The molecule has 0 unspecified atom stereocenters. The van der Waals surface area contributed by atoms with Crippen LogP contribution in [0.25, 0.3) is 6.08 Å². The summed E-state index contributed by atoms with van der Waals surface area (Å²) < 4.78 is 12.5. The van der Waals surface area contributed by atoms with Crippen molar-refractivity contribution in [1.82, 2.24) is 5.48 Å². The quantitative estimate of drug-likeness (QED) is 0.826. The van der Waals surface area contributed by atoms with E-state index in [9.17, 15) is 4.39 Å². The molecule has 0 aliphatic heterocycles. The number of rotatable bonds is 4. The third-order valence-electron chi connectivity index (χ3n) is 1.67. The van der Waals surface area contributed by atoms with Crippen LogP contribution in [0.5, 0.6) is 0 Å². The molecule has 15 heavy (non-hydrogen) atoms. The highest BCUT2D eigenvalue weighted by molar-refractivity contribution is 6.35. The zero-order valence-electron chi connectivity index (χ0n) is 8.06. The van der Waals surface area contributed by atoms with Crippen LogP contribution in [-0.2, 0) is 4.84 Å². The van der Waals surface area contributed by atoms with Gasteiger partial charge in [0.1, 0.15) is 6.67 Å². The first kappa shape index (κ1) is 12.3. The normalized spacial score (nSPS) is 11.6. The fraction of sp³-hybridized carbons (Fsp3) is 0.200. The van der Waals surface area contributed by atoms with Crippen molar-refractivity contribution in [2.24, 2.45) is 0 Å². The monoisotopic (exact) mass is 249 g/mol. The predicted molar refractivity (Wildman–Crippen MR) is 60.6 cm³/mol. The molecule has 0 saturated carbocycles. The van der Waals surface area contributed by atoms with Crippen LogP contribution in [0, 0.1) is 0 Å². The Morgan fingerprint density at radius 3 is 2.80 bits per heavy atom. The molecule has 0 aliphatic rings. The molecule has 0 aromatic heterocycles. The van der Waals surface area contributed by atoms with Crippen LogP contribution in [0.3, 0.4) is 0 Å². The molecule has 0 spiro atoms. The Morgan fingerprint density at radius 2 is 2.27 bits per heavy atom. The van der Waals surface area contributed by atoms with Gasteiger partial charge in [0.2, 0.25) is 0 Å². The molecule has 0 bridgehead atoms. The van der Waals surface area contributed by atoms with E-state index in [0.29, 0.717) is 21.3 Å². The predicted octanol–water partition coefficient (Wildman–Crippen LogP) is 3.45. The second kappa shape index (κ2) is 5.95. The summed E-state index contributed by atoms with van der Waals surface area (Å²) in [5.41, 5.74) is 3.39. The molecule has 0 saturated heterocycles. The Morgan fingerprint density at radius 1 is 1.53 bits per heavy atom. The van der Waals surface area contributed by atoms with Gasteiger partial charge in [-0.15, -0.1) is 0 Å². The van der Waals surface area contributed by atoms with Crippen LogP contribution >= 0.6 is 23.2 Å².